The molecule has 2 N–H and O–H groups in total. The van der Waals surface area contributed by atoms with Gasteiger partial charge in [0, 0.05) is 25.2 Å². The molecule has 4 rings (SSSR count). The molecule has 0 saturated heterocycles. The van der Waals surface area contributed by atoms with Gasteiger partial charge in [-0.1, -0.05) is 80.5 Å². The third kappa shape index (κ3) is 8.33. The van der Waals surface area contributed by atoms with Gasteiger partial charge in [-0.2, -0.15) is 0 Å². The molecule has 2 bridgehead atoms. The van der Waals surface area contributed by atoms with Gasteiger partial charge in [0.1, 0.15) is 23.4 Å². The average molecular weight is 861 g/mol. The topological polar surface area (TPSA) is 138 Å². The zero-order chi connectivity index (χ0) is 43.9. The summed E-state index contributed by atoms with van der Waals surface area (Å²) in [5.74, 6) is -2.90. The van der Waals surface area contributed by atoms with Crippen molar-refractivity contribution in [3.63, 3.8) is 0 Å². The van der Waals surface area contributed by atoms with E-state index in [1.807, 2.05) is 34.6 Å². The number of ether oxygens (including phenoxy) is 2. The average Bonchev–Trinajstić information content (AvgIpc) is 3.17. The summed E-state index contributed by atoms with van der Waals surface area (Å²) in [6.07, 6.45) is -5.37. The lowest BCUT2D eigenvalue weighted by Gasteiger charge is -2.66. The Kier molecular flexibility index (Phi) is 14.9. The number of rotatable bonds is 16. The number of aliphatic hydroxyl groups is 2. The molecule has 2 fully saturated rings. The Bertz CT molecular complexity index is 1650. The van der Waals surface area contributed by atoms with Crippen LogP contribution in [0.5, 0.6) is 0 Å². The molecule has 9 atom stereocenters. The molecule has 0 spiro atoms. The zero-order valence-electron chi connectivity index (χ0n) is 38.4. The van der Waals surface area contributed by atoms with Crippen molar-refractivity contribution in [3.8, 4) is 0 Å². The highest BCUT2D eigenvalue weighted by atomic mass is 28.4. The molecule has 13 heteroatoms. The van der Waals surface area contributed by atoms with Crippen molar-refractivity contribution < 1.29 is 47.3 Å². The van der Waals surface area contributed by atoms with E-state index in [2.05, 4.69) is 61.2 Å². The normalized spacial score (nSPS) is 32.9. The first-order valence-electron chi connectivity index (χ1n) is 22.1. The van der Waals surface area contributed by atoms with Gasteiger partial charge in [-0.3, -0.25) is 9.59 Å². The summed E-state index contributed by atoms with van der Waals surface area (Å²) in [6, 6.07) is 13.3. The molecule has 3 aliphatic rings. The minimum atomic E-state index is -2.60. The van der Waals surface area contributed by atoms with E-state index in [1.54, 1.807) is 30.3 Å². The van der Waals surface area contributed by atoms with Crippen LogP contribution in [0.3, 0.4) is 0 Å². The van der Waals surface area contributed by atoms with E-state index in [0.29, 0.717) is 5.57 Å². The maximum Gasteiger partial charge on any atom is 0.338 e. The standard InChI is InChI=1S/C45H76O10Si3/c1-16-44(52-31(9)46)34(47)28-35(54-57(17-2,18-3)19-4)43(12)38(44)40(51-41(49)32-26-24-23-25-27-32)45(50)29-33(53-56(13,14)15)30(8)36(42(45,10)11)37(39(43)48)55-58(20-5,21-6)22-7/h23-27,33-35,37-38,40,47,50H,16-22,28-29H2,1-15H3/t33-,34+,35-,37+,38-,40-,43+,44-,45+/m0/s1. The minimum absolute atomic E-state index is 0.000201. The van der Waals surface area contributed by atoms with Crippen LogP contribution in [0, 0.1) is 16.7 Å². The highest BCUT2D eigenvalue weighted by molar-refractivity contribution is 6.74. The number of benzene rings is 1. The van der Waals surface area contributed by atoms with Crippen molar-refractivity contribution >= 4 is 42.7 Å². The van der Waals surface area contributed by atoms with Gasteiger partial charge in [0.15, 0.2) is 30.7 Å². The Morgan fingerprint density at radius 2 is 1.34 bits per heavy atom. The molecule has 1 aromatic carbocycles. The first-order valence-corrected chi connectivity index (χ1v) is 30.5. The van der Waals surface area contributed by atoms with E-state index >= 15 is 4.79 Å². The van der Waals surface area contributed by atoms with Crippen molar-refractivity contribution in [1.82, 2.24) is 0 Å². The molecular weight excluding hydrogens is 785 g/mol. The maximum absolute atomic E-state index is 16.7. The molecule has 0 unspecified atom stereocenters. The van der Waals surface area contributed by atoms with E-state index < -0.39 is 95.4 Å². The molecule has 0 aromatic heterocycles. The van der Waals surface area contributed by atoms with Crippen LogP contribution < -0.4 is 0 Å². The molecule has 0 heterocycles. The van der Waals surface area contributed by atoms with E-state index in [1.165, 1.54) is 6.92 Å². The number of aliphatic hydroxyl groups excluding tert-OH is 1. The fraction of sp³-hybridized carbons (Fsp3) is 0.756. The Morgan fingerprint density at radius 3 is 1.81 bits per heavy atom. The van der Waals surface area contributed by atoms with Gasteiger partial charge >= 0.3 is 11.9 Å². The van der Waals surface area contributed by atoms with Crippen molar-refractivity contribution in [2.45, 2.75) is 200 Å². The molecule has 0 aliphatic heterocycles. The maximum atomic E-state index is 16.7. The number of ketones is 1. The number of carbonyl (C=O) groups excluding carboxylic acids is 3. The number of fused-ring (bicyclic) bond motifs is 3. The van der Waals surface area contributed by atoms with Crippen molar-refractivity contribution in [3.05, 3.63) is 47.0 Å². The smallest absolute Gasteiger partial charge is 0.338 e. The molecular formula is C45H76O10Si3. The second kappa shape index (κ2) is 17.8. The minimum Gasteiger partial charge on any atom is -0.456 e. The third-order valence-electron chi connectivity index (χ3n) is 15.1. The zero-order valence-corrected chi connectivity index (χ0v) is 41.4. The monoisotopic (exact) mass is 860 g/mol. The van der Waals surface area contributed by atoms with Crippen LogP contribution in [0.2, 0.25) is 55.9 Å². The fourth-order valence-electron chi connectivity index (χ4n) is 11.0. The molecule has 58 heavy (non-hydrogen) atoms. The summed E-state index contributed by atoms with van der Waals surface area (Å²) < 4.78 is 35.1. The number of hydrogen-bond donors (Lipinski definition) is 2. The number of carbonyl (C=O) groups is 3. The quantitative estimate of drug-likeness (QED) is 0.0940. The predicted molar refractivity (Wildman–Crippen MR) is 236 cm³/mol. The van der Waals surface area contributed by atoms with Crippen LogP contribution >= 0.6 is 0 Å². The fourth-order valence-corrected chi connectivity index (χ4v) is 17.8. The van der Waals surface area contributed by atoms with Crippen LogP contribution in [-0.4, -0.2) is 94.6 Å². The van der Waals surface area contributed by atoms with Crippen LogP contribution in [0.4, 0.5) is 0 Å². The summed E-state index contributed by atoms with van der Waals surface area (Å²) in [7, 11) is -7.44. The van der Waals surface area contributed by atoms with Gasteiger partial charge in [0.2, 0.25) is 0 Å². The molecule has 1 aromatic rings. The first kappa shape index (κ1) is 48.7. The lowest BCUT2D eigenvalue weighted by Crippen LogP contribution is -2.78. The van der Waals surface area contributed by atoms with Crippen LogP contribution in [-0.2, 0) is 32.3 Å². The van der Waals surface area contributed by atoms with Gasteiger partial charge in [0.05, 0.1) is 35.2 Å². The molecule has 3 aliphatic carbocycles. The summed E-state index contributed by atoms with van der Waals surface area (Å²) in [4.78, 5) is 44.7. The van der Waals surface area contributed by atoms with E-state index in [-0.39, 0.29) is 30.6 Å². The lowest BCUT2D eigenvalue weighted by molar-refractivity contribution is -0.282. The van der Waals surface area contributed by atoms with Gasteiger partial charge in [-0.25, -0.2) is 4.79 Å². The lowest BCUT2D eigenvalue weighted by atomic mass is 9.45. The summed E-state index contributed by atoms with van der Waals surface area (Å²) in [6.45, 7) is 29.8. The number of esters is 2. The van der Waals surface area contributed by atoms with Gasteiger partial charge in [-0.15, -0.1) is 0 Å². The van der Waals surface area contributed by atoms with Crippen molar-refractivity contribution in [2.24, 2.45) is 16.7 Å². The van der Waals surface area contributed by atoms with E-state index in [4.69, 9.17) is 22.8 Å². The summed E-state index contributed by atoms with van der Waals surface area (Å²) >= 11 is 0. The Labute approximate surface area is 352 Å². The molecule has 10 nitrogen and oxygen atoms in total. The molecule has 0 amide bonds. The first-order chi connectivity index (χ1) is 26.9. The summed E-state index contributed by atoms with van der Waals surface area (Å²) in [5.41, 5.74) is -4.82. The van der Waals surface area contributed by atoms with Gasteiger partial charge in [-0.05, 0) is 99.5 Å². The Hall–Kier alpha value is -1.98. The van der Waals surface area contributed by atoms with Gasteiger partial charge < -0.3 is 33.0 Å². The van der Waals surface area contributed by atoms with E-state index in [0.717, 1.165) is 41.8 Å². The Morgan fingerprint density at radius 1 is 0.828 bits per heavy atom. The summed E-state index contributed by atoms with van der Waals surface area (Å²) in [5, 5.41) is 26.8. The largest absolute Gasteiger partial charge is 0.456 e. The van der Waals surface area contributed by atoms with E-state index in [9.17, 15) is 19.8 Å². The Balaban J connectivity index is 2.29. The molecule has 0 radical (unpaired) electrons. The number of Topliss-reactive ketones (excluding diaryl/α,β-unsaturated/α-hetero) is 1. The highest BCUT2D eigenvalue weighted by Gasteiger charge is 2.76. The van der Waals surface area contributed by atoms with Crippen molar-refractivity contribution in [1.29, 1.82) is 0 Å². The second-order valence-electron chi connectivity index (χ2n) is 19.1. The molecule has 2 saturated carbocycles. The van der Waals surface area contributed by atoms with Crippen LogP contribution in [0.1, 0.15) is 113 Å². The third-order valence-corrected chi connectivity index (χ3v) is 25.3. The van der Waals surface area contributed by atoms with Gasteiger partial charge in [0.25, 0.3) is 0 Å². The SMILES string of the molecule is CC[C@]1(OC(C)=O)[C@H](O)C[C@H](O[Si](CC)(CC)CC)[C@@]2(C)C(=O)[C@H](O[Si](CC)(CC)CC)C3=C(C)[C@@H](O[Si](C)(C)C)C[C@@](O)([C@@H](OC(=O)c4ccccc4)[C@H]12)C3(C)C. The molecule has 328 valence electrons. The second-order valence-corrected chi connectivity index (χ2v) is 33.0. The van der Waals surface area contributed by atoms with Crippen LogP contribution in [0.25, 0.3) is 0 Å². The number of hydrogen-bond acceptors (Lipinski definition) is 10. The predicted octanol–water partition coefficient (Wildman–Crippen LogP) is 9.37. The highest BCUT2D eigenvalue weighted by Crippen LogP contribution is 2.64. The van der Waals surface area contributed by atoms with Crippen LogP contribution in [0.15, 0.2) is 41.5 Å². The van der Waals surface area contributed by atoms with Crippen molar-refractivity contribution in [2.75, 3.05) is 0 Å².